The first kappa shape index (κ1) is 35.8. The van der Waals surface area contributed by atoms with Crippen LogP contribution in [0, 0.1) is 0 Å². The molecule has 0 spiro atoms. The second-order valence-corrected chi connectivity index (χ2v) is 14.2. The van der Waals surface area contributed by atoms with Gasteiger partial charge in [0.25, 0.3) is 5.56 Å². The fourth-order valence-electron chi connectivity index (χ4n) is 6.04. The molecule has 0 unspecified atom stereocenters. The van der Waals surface area contributed by atoms with E-state index >= 15 is 0 Å². The number of benzene rings is 2. The van der Waals surface area contributed by atoms with E-state index in [1.165, 1.54) is 4.57 Å². The molecule has 2 aromatic carbocycles. The molecule has 5 aromatic rings. The van der Waals surface area contributed by atoms with Crippen LogP contribution < -0.4 is 26.2 Å². The summed E-state index contributed by atoms with van der Waals surface area (Å²) in [6.07, 6.45) is 3.10. The van der Waals surface area contributed by atoms with Crippen LogP contribution >= 0.6 is 34.8 Å². The molecule has 1 aliphatic heterocycles. The van der Waals surface area contributed by atoms with Gasteiger partial charge in [0.2, 0.25) is 11.8 Å². The summed E-state index contributed by atoms with van der Waals surface area (Å²) >= 11 is 21.0. The standard InChI is InChI=1S/C36H38Cl3N7O4/c1-36(2,49)19-41-17-30-44-46-18-20(13-29(46)35(48)45(30)3)22-7-5-8-23(32(22)38)24-9-6-10-25(33(24)39)28-14-27(37)26(34(43-28)50-4)16-40-15-21-11-12-31(47)42-21/h5-10,13-14,18,21,40-41,49H,11-12,15-17,19H2,1-4H3,(H,42,47)/t21-/m0/s1. The summed E-state index contributed by atoms with van der Waals surface area (Å²) in [5, 5.41) is 25.5. The number of carbonyl (C=O) groups is 1. The quantitative estimate of drug-likeness (QED) is 0.130. The Labute approximate surface area is 304 Å². The van der Waals surface area contributed by atoms with Crippen molar-refractivity contribution < 1.29 is 14.6 Å². The number of methoxy groups -OCH3 is 1. The summed E-state index contributed by atoms with van der Waals surface area (Å²) in [5.41, 5.74) is 3.98. The highest BCUT2D eigenvalue weighted by Gasteiger charge is 2.22. The zero-order valence-corrected chi connectivity index (χ0v) is 30.4. The molecule has 0 radical (unpaired) electrons. The van der Waals surface area contributed by atoms with Crippen molar-refractivity contribution in [2.45, 2.75) is 51.4 Å². The van der Waals surface area contributed by atoms with E-state index in [4.69, 9.17) is 44.5 Å². The maximum atomic E-state index is 13.3. The molecule has 0 saturated carbocycles. The van der Waals surface area contributed by atoms with Crippen molar-refractivity contribution in [3.8, 4) is 39.4 Å². The van der Waals surface area contributed by atoms with E-state index in [2.05, 4.69) is 21.0 Å². The highest BCUT2D eigenvalue weighted by molar-refractivity contribution is 6.39. The van der Waals surface area contributed by atoms with Gasteiger partial charge in [0.05, 0.1) is 40.0 Å². The van der Waals surface area contributed by atoms with Gasteiger partial charge in [-0.25, -0.2) is 9.50 Å². The van der Waals surface area contributed by atoms with Gasteiger partial charge in [-0.3, -0.25) is 14.2 Å². The number of nitrogens with zero attached hydrogens (tertiary/aromatic N) is 4. The molecule has 1 atom stereocenters. The number of fused-ring (bicyclic) bond motifs is 1. The van der Waals surface area contributed by atoms with E-state index in [1.54, 1.807) is 50.8 Å². The minimum absolute atomic E-state index is 0.0658. The number of aliphatic hydroxyl groups is 1. The molecule has 4 heterocycles. The van der Waals surface area contributed by atoms with Gasteiger partial charge in [0.15, 0.2) is 0 Å². The summed E-state index contributed by atoms with van der Waals surface area (Å²) in [5.74, 6) is 0.954. The van der Waals surface area contributed by atoms with E-state index in [1.807, 2.05) is 36.4 Å². The summed E-state index contributed by atoms with van der Waals surface area (Å²) in [6.45, 7) is 5.07. The smallest absolute Gasteiger partial charge is 0.277 e. The largest absolute Gasteiger partial charge is 0.481 e. The third-order valence-corrected chi connectivity index (χ3v) is 9.80. The average Bonchev–Trinajstić information content (AvgIpc) is 3.69. The summed E-state index contributed by atoms with van der Waals surface area (Å²) in [6, 6.07) is 14.9. The Hall–Kier alpha value is -3.97. The number of carbonyl (C=O) groups excluding carboxylic acids is 1. The third kappa shape index (κ3) is 7.53. The molecule has 1 fully saturated rings. The molecule has 6 rings (SSSR count). The lowest BCUT2D eigenvalue weighted by atomic mass is 9.97. The normalized spacial score (nSPS) is 14.8. The number of rotatable bonds is 12. The van der Waals surface area contributed by atoms with Crippen molar-refractivity contribution in [1.29, 1.82) is 0 Å². The fourth-order valence-corrected chi connectivity index (χ4v) is 6.96. The Morgan fingerprint density at radius 1 is 1.00 bits per heavy atom. The molecule has 0 aliphatic carbocycles. The number of ether oxygens (including phenoxy) is 1. The molecule has 4 N–H and O–H groups in total. The summed E-state index contributed by atoms with van der Waals surface area (Å²) in [4.78, 5) is 29.6. The minimum atomic E-state index is -0.899. The number of hydrogen-bond acceptors (Lipinski definition) is 8. The Kier molecular flexibility index (Phi) is 10.5. The lowest BCUT2D eigenvalue weighted by molar-refractivity contribution is -0.119. The van der Waals surface area contributed by atoms with E-state index in [0.29, 0.717) is 104 Å². The van der Waals surface area contributed by atoms with Crippen LogP contribution in [0.25, 0.3) is 39.0 Å². The van der Waals surface area contributed by atoms with Crippen LogP contribution in [-0.2, 0) is 24.9 Å². The number of nitrogens with one attached hydrogen (secondary N) is 3. The van der Waals surface area contributed by atoms with Crippen LogP contribution in [0.4, 0.5) is 0 Å². The second-order valence-electron chi connectivity index (χ2n) is 13.0. The van der Waals surface area contributed by atoms with E-state index in [0.717, 1.165) is 6.42 Å². The van der Waals surface area contributed by atoms with Crippen LogP contribution in [0.2, 0.25) is 15.1 Å². The summed E-state index contributed by atoms with van der Waals surface area (Å²) < 4.78 is 8.69. The molecule has 1 amide bonds. The number of hydrogen-bond donors (Lipinski definition) is 4. The van der Waals surface area contributed by atoms with Crippen molar-refractivity contribution in [3.05, 3.63) is 91.5 Å². The second kappa shape index (κ2) is 14.7. The van der Waals surface area contributed by atoms with Gasteiger partial charge in [-0.2, -0.15) is 5.10 Å². The molecule has 1 aliphatic rings. The number of aromatic nitrogens is 4. The van der Waals surface area contributed by atoms with Crippen molar-refractivity contribution in [3.63, 3.8) is 0 Å². The SMILES string of the molecule is COc1nc(-c2cccc(-c3cccc(-c4cc5c(=O)n(C)c(CNCC(C)(C)O)nn5c4)c3Cl)c2Cl)cc(Cl)c1CNC[C@@H]1CCC(=O)N1. The van der Waals surface area contributed by atoms with Gasteiger partial charge in [-0.05, 0) is 32.4 Å². The van der Waals surface area contributed by atoms with Crippen LogP contribution in [0.15, 0.2) is 59.5 Å². The maximum absolute atomic E-state index is 13.3. The monoisotopic (exact) mass is 737 g/mol. The Morgan fingerprint density at radius 2 is 1.68 bits per heavy atom. The van der Waals surface area contributed by atoms with Crippen LogP contribution in [0.3, 0.4) is 0 Å². The molecule has 262 valence electrons. The summed E-state index contributed by atoms with van der Waals surface area (Å²) in [7, 11) is 3.21. The zero-order chi connectivity index (χ0) is 35.7. The lowest BCUT2D eigenvalue weighted by Crippen LogP contribution is -2.36. The van der Waals surface area contributed by atoms with Gasteiger partial charge in [0, 0.05) is 78.7 Å². The molecular formula is C36H38Cl3N7O4. The lowest BCUT2D eigenvalue weighted by Gasteiger charge is -2.18. The molecule has 1 saturated heterocycles. The third-order valence-electron chi connectivity index (χ3n) is 8.65. The topological polar surface area (TPSA) is 135 Å². The van der Waals surface area contributed by atoms with Crippen molar-refractivity contribution >= 4 is 46.2 Å². The highest BCUT2D eigenvalue weighted by atomic mass is 35.5. The fraction of sp³-hybridized carbons (Fsp3) is 0.333. The Balaban J connectivity index is 1.29. The van der Waals surface area contributed by atoms with Gasteiger partial charge in [-0.15, -0.1) is 0 Å². The first-order valence-electron chi connectivity index (χ1n) is 16.2. The predicted molar refractivity (Wildman–Crippen MR) is 197 cm³/mol. The minimum Gasteiger partial charge on any atom is -0.481 e. The van der Waals surface area contributed by atoms with E-state index in [-0.39, 0.29) is 17.5 Å². The van der Waals surface area contributed by atoms with Gasteiger partial charge >= 0.3 is 0 Å². The molecule has 3 aromatic heterocycles. The van der Waals surface area contributed by atoms with Gasteiger partial charge in [0.1, 0.15) is 11.3 Å². The number of pyridine rings is 1. The average molecular weight is 739 g/mol. The molecule has 0 bridgehead atoms. The first-order chi connectivity index (χ1) is 23.8. The van der Waals surface area contributed by atoms with E-state index < -0.39 is 5.60 Å². The number of amides is 1. The highest BCUT2D eigenvalue weighted by Crippen LogP contribution is 2.43. The Bertz CT molecular complexity index is 2140. The molecule has 50 heavy (non-hydrogen) atoms. The van der Waals surface area contributed by atoms with Crippen molar-refractivity contribution in [1.82, 2.24) is 35.1 Å². The Morgan fingerprint density at radius 3 is 2.34 bits per heavy atom. The maximum Gasteiger partial charge on any atom is 0.277 e. The molecule has 11 nitrogen and oxygen atoms in total. The van der Waals surface area contributed by atoms with E-state index in [9.17, 15) is 14.7 Å². The first-order valence-corrected chi connectivity index (χ1v) is 17.3. The van der Waals surface area contributed by atoms with Crippen LogP contribution in [0.5, 0.6) is 5.88 Å². The number of halogens is 3. The zero-order valence-electron chi connectivity index (χ0n) is 28.1. The van der Waals surface area contributed by atoms with Crippen LogP contribution in [-0.4, -0.2) is 62.0 Å². The van der Waals surface area contributed by atoms with Crippen LogP contribution in [0.1, 0.15) is 38.1 Å². The molecular weight excluding hydrogens is 701 g/mol. The molecule has 14 heteroatoms. The predicted octanol–water partition coefficient (Wildman–Crippen LogP) is 5.63. The van der Waals surface area contributed by atoms with Crippen molar-refractivity contribution in [2.75, 3.05) is 20.2 Å². The van der Waals surface area contributed by atoms with Gasteiger partial charge < -0.3 is 25.8 Å². The van der Waals surface area contributed by atoms with Crippen molar-refractivity contribution in [2.24, 2.45) is 7.05 Å². The van der Waals surface area contributed by atoms with Gasteiger partial charge in [-0.1, -0.05) is 71.2 Å².